The van der Waals surface area contributed by atoms with Crippen molar-refractivity contribution in [2.24, 2.45) is 0 Å². The van der Waals surface area contributed by atoms with Gasteiger partial charge in [-0.3, -0.25) is 4.79 Å². The molecule has 0 spiro atoms. The zero-order chi connectivity index (χ0) is 19.1. The first-order chi connectivity index (χ1) is 13.2. The fourth-order valence-electron chi connectivity index (χ4n) is 2.88. The molecule has 3 aromatic rings. The van der Waals surface area contributed by atoms with Crippen molar-refractivity contribution < 1.29 is 14.3 Å². The number of ether oxygens (including phenoxy) is 2. The van der Waals surface area contributed by atoms with Crippen molar-refractivity contribution in [3.05, 3.63) is 95.1 Å². The van der Waals surface area contributed by atoms with Crippen LogP contribution in [0.15, 0.2) is 72.8 Å². The van der Waals surface area contributed by atoms with E-state index < -0.39 is 0 Å². The number of Topliss-reactive ketones (excluding diaryl/α,β-unsaturated/α-hetero) is 1. The Morgan fingerprint density at radius 1 is 0.778 bits per heavy atom. The van der Waals surface area contributed by atoms with Crippen LogP contribution in [0.5, 0.6) is 11.5 Å². The van der Waals surface area contributed by atoms with Crippen LogP contribution in [-0.4, -0.2) is 5.78 Å². The molecule has 0 aliphatic heterocycles. The van der Waals surface area contributed by atoms with Gasteiger partial charge in [0.2, 0.25) is 0 Å². The molecule has 0 N–H and O–H groups in total. The van der Waals surface area contributed by atoms with E-state index in [9.17, 15) is 4.79 Å². The Morgan fingerprint density at radius 3 is 1.78 bits per heavy atom. The van der Waals surface area contributed by atoms with Gasteiger partial charge in [0.1, 0.15) is 24.7 Å². The quantitative estimate of drug-likeness (QED) is 0.490. The maximum absolute atomic E-state index is 12.1. The molecule has 3 rings (SSSR count). The number of aryl methyl sites for hydroxylation is 1. The minimum absolute atomic E-state index is 0.0117. The van der Waals surface area contributed by atoms with E-state index in [4.69, 9.17) is 9.47 Å². The summed E-state index contributed by atoms with van der Waals surface area (Å²) in [6, 6.07) is 23.7. The van der Waals surface area contributed by atoms with Gasteiger partial charge >= 0.3 is 0 Å². The van der Waals surface area contributed by atoms with Gasteiger partial charge in [0.15, 0.2) is 5.78 Å². The second-order valence-electron chi connectivity index (χ2n) is 6.41. The monoisotopic (exact) mass is 360 g/mol. The predicted octanol–water partition coefficient (Wildman–Crippen LogP) is 5.61. The van der Waals surface area contributed by atoms with E-state index in [-0.39, 0.29) is 5.78 Å². The van der Waals surface area contributed by atoms with Gasteiger partial charge in [-0.1, -0.05) is 67.6 Å². The summed E-state index contributed by atoms with van der Waals surface area (Å²) in [5, 5.41) is 0. The average Bonchev–Trinajstić information content (AvgIpc) is 2.71. The van der Waals surface area contributed by atoms with Crippen molar-refractivity contribution in [1.82, 2.24) is 0 Å². The minimum atomic E-state index is -0.0117. The van der Waals surface area contributed by atoms with Crippen LogP contribution >= 0.6 is 0 Å². The fourth-order valence-corrected chi connectivity index (χ4v) is 2.88. The Labute approximate surface area is 160 Å². The van der Waals surface area contributed by atoms with Crippen molar-refractivity contribution in [2.75, 3.05) is 0 Å². The molecule has 0 atom stereocenters. The zero-order valence-electron chi connectivity index (χ0n) is 15.8. The minimum Gasteiger partial charge on any atom is -0.488 e. The molecular weight excluding hydrogens is 336 g/mol. The van der Waals surface area contributed by atoms with Crippen LogP contribution in [0, 0.1) is 0 Å². The summed E-state index contributed by atoms with van der Waals surface area (Å²) in [7, 11) is 0. The second-order valence-corrected chi connectivity index (χ2v) is 6.41. The predicted molar refractivity (Wildman–Crippen MR) is 107 cm³/mol. The topological polar surface area (TPSA) is 35.5 Å². The average molecular weight is 360 g/mol. The Bertz CT molecular complexity index is 886. The molecule has 0 saturated carbocycles. The molecule has 138 valence electrons. The van der Waals surface area contributed by atoms with E-state index in [0.29, 0.717) is 24.5 Å². The summed E-state index contributed by atoms with van der Waals surface area (Å²) in [5.74, 6) is 1.31. The summed E-state index contributed by atoms with van der Waals surface area (Å²) in [6.45, 7) is 4.50. The summed E-state index contributed by atoms with van der Waals surface area (Å²) < 4.78 is 12.0. The number of carbonyl (C=O) groups is 1. The highest BCUT2D eigenvalue weighted by molar-refractivity contribution is 5.97. The summed E-state index contributed by atoms with van der Waals surface area (Å²) in [4.78, 5) is 12.1. The first-order valence-corrected chi connectivity index (χ1v) is 9.18. The van der Waals surface area contributed by atoms with Crippen LogP contribution in [0.25, 0.3) is 0 Å². The molecule has 3 nitrogen and oxygen atoms in total. The van der Waals surface area contributed by atoms with Gasteiger partial charge in [0.25, 0.3) is 0 Å². The van der Waals surface area contributed by atoms with Gasteiger partial charge in [-0.25, -0.2) is 0 Å². The van der Waals surface area contributed by atoms with E-state index in [0.717, 1.165) is 28.9 Å². The van der Waals surface area contributed by atoms with Gasteiger partial charge in [0.05, 0.1) is 5.56 Å². The lowest BCUT2D eigenvalue weighted by Gasteiger charge is -2.16. The first kappa shape index (κ1) is 18.7. The molecule has 0 bridgehead atoms. The summed E-state index contributed by atoms with van der Waals surface area (Å²) in [6.07, 6.45) is 0.781. The van der Waals surface area contributed by atoms with Crippen molar-refractivity contribution in [3.63, 3.8) is 0 Å². The molecule has 3 aromatic carbocycles. The number of hydrogen-bond acceptors (Lipinski definition) is 3. The molecule has 0 aromatic heterocycles. The molecule has 0 radical (unpaired) electrons. The fraction of sp³-hybridized carbons (Fsp3) is 0.208. The molecule has 0 fully saturated rings. The van der Waals surface area contributed by atoms with Crippen LogP contribution in [-0.2, 0) is 19.6 Å². The van der Waals surface area contributed by atoms with Gasteiger partial charge in [-0.15, -0.1) is 0 Å². The Balaban J connectivity index is 1.84. The highest BCUT2D eigenvalue weighted by atomic mass is 16.5. The molecule has 0 aliphatic rings. The van der Waals surface area contributed by atoms with Crippen LogP contribution < -0.4 is 9.47 Å². The lowest BCUT2D eigenvalue weighted by molar-refractivity contribution is 0.101. The van der Waals surface area contributed by atoms with Crippen LogP contribution in [0.2, 0.25) is 0 Å². The lowest BCUT2D eigenvalue weighted by Crippen LogP contribution is -2.05. The maximum atomic E-state index is 12.1. The van der Waals surface area contributed by atoms with Gasteiger partial charge in [-0.2, -0.15) is 0 Å². The lowest BCUT2D eigenvalue weighted by atomic mass is 10.0. The van der Waals surface area contributed by atoms with E-state index in [2.05, 4.69) is 6.92 Å². The van der Waals surface area contributed by atoms with Crippen molar-refractivity contribution in [3.8, 4) is 11.5 Å². The third kappa shape index (κ3) is 4.98. The second kappa shape index (κ2) is 9.04. The Hall–Kier alpha value is -3.07. The number of carbonyl (C=O) groups excluding carboxylic acids is 1. The third-order valence-corrected chi connectivity index (χ3v) is 4.40. The van der Waals surface area contributed by atoms with Gasteiger partial charge in [-0.05, 0) is 36.1 Å². The molecule has 0 aliphatic carbocycles. The maximum Gasteiger partial charge on any atom is 0.163 e. The third-order valence-electron chi connectivity index (χ3n) is 4.40. The number of ketones is 1. The molecular formula is C24H24O3. The molecule has 0 unspecified atom stereocenters. The van der Waals surface area contributed by atoms with Crippen LogP contribution in [0.1, 0.15) is 40.9 Å². The molecule has 3 heteroatoms. The number of benzene rings is 3. The zero-order valence-corrected chi connectivity index (χ0v) is 15.8. The first-order valence-electron chi connectivity index (χ1n) is 9.18. The van der Waals surface area contributed by atoms with Crippen LogP contribution in [0.3, 0.4) is 0 Å². The molecule has 0 saturated heterocycles. The number of hydrogen-bond donors (Lipinski definition) is 0. The Kier molecular flexibility index (Phi) is 6.26. The van der Waals surface area contributed by atoms with Crippen molar-refractivity contribution in [1.29, 1.82) is 0 Å². The SMILES string of the molecule is CCc1cc(C(C)=O)c(OCc2ccccc2)cc1OCc1ccccc1. The van der Waals surface area contributed by atoms with Gasteiger partial charge in [0, 0.05) is 6.07 Å². The highest BCUT2D eigenvalue weighted by Crippen LogP contribution is 2.31. The molecule has 27 heavy (non-hydrogen) atoms. The summed E-state index contributed by atoms with van der Waals surface area (Å²) in [5.41, 5.74) is 3.75. The van der Waals surface area contributed by atoms with Crippen LogP contribution in [0.4, 0.5) is 0 Å². The largest absolute Gasteiger partial charge is 0.488 e. The van der Waals surface area contributed by atoms with E-state index in [1.54, 1.807) is 6.92 Å². The normalized spacial score (nSPS) is 10.4. The van der Waals surface area contributed by atoms with Gasteiger partial charge < -0.3 is 9.47 Å². The smallest absolute Gasteiger partial charge is 0.163 e. The Morgan fingerprint density at radius 2 is 1.30 bits per heavy atom. The molecule has 0 heterocycles. The van der Waals surface area contributed by atoms with Crippen molar-refractivity contribution in [2.45, 2.75) is 33.5 Å². The van der Waals surface area contributed by atoms with E-state index >= 15 is 0 Å². The summed E-state index contributed by atoms with van der Waals surface area (Å²) >= 11 is 0. The molecule has 0 amide bonds. The van der Waals surface area contributed by atoms with E-state index in [1.807, 2.05) is 72.8 Å². The number of rotatable bonds is 8. The standard InChI is InChI=1S/C24H24O3/c1-3-21-14-22(18(2)25)24(27-17-20-12-8-5-9-13-20)15-23(21)26-16-19-10-6-4-7-11-19/h4-15H,3,16-17H2,1-2H3. The van der Waals surface area contributed by atoms with E-state index in [1.165, 1.54) is 0 Å². The highest BCUT2D eigenvalue weighted by Gasteiger charge is 2.15. The van der Waals surface area contributed by atoms with Crippen molar-refractivity contribution >= 4 is 5.78 Å².